The van der Waals surface area contributed by atoms with Crippen LogP contribution in [0, 0.1) is 11.6 Å². The minimum absolute atomic E-state index is 0.0404. The molecule has 2 aromatic rings. The summed E-state index contributed by atoms with van der Waals surface area (Å²) in [6.45, 7) is 4.35. The predicted molar refractivity (Wildman–Crippen MR) is 98.0 cm³/mol. The Bertz CT molecular complexity index is 760. The van der Waals surface area contributed by atoms with Crippen LogP contribution in [0.5, 0.6) is 0 Å². The molecule has 0 radical (unpaired) electrons. The van der Waals surface area contributed by atoms with Crippen molar-refractivity contribution in [2.75, 3.05) is 6.61 Å². The van der Waals surface area contributed by atoms with Gasteiger partial charge >= 0.3 is 6.09 Å². The van der Waals surface area contributed by atoms with Gasteiger partial charge in [-0.25, -0.2) is 18.5 Å². The molecule has 1 aliphatic rings. The Morgan fingerprint density at radius 2 is 1.70 bits per heavy atom. The Balaban J connectivity index is 0.000000817. The molecule has 4 nitrogen and oxygen atoms in total. The van der Waals surface area contributed by atoms with E-state index < -0.39 is 29.7 Å². The highest BCUT2D eigenvalue weighted by atomic mass is 19.1. The van der Waals surface area contributed by atoms with Crippen LogP contribution in [0.3, 0.4) is 0 Å². The fourth-order valence-electron chi connectivity index (χ4n) is 2.74. The van der Waals surface area contributed by atoms with Gasteiger partial charge in [0.25, 0.3) is 0 Å². The van der Waals surface area contributed by atoms with Crippen LogP contribution in [0.15, 0.2) is 48.5 Å². The molecule has 1 aliphatic heterocycles. The lowest BCUT2D eigenvalue weighted by Crippen LogP contribution is -2.34. The molecule has 0 saturated carbocycles. The molecule has 27 heavy (non-hydrogen) atoms. The van der Waals surface area contributed by atoms with Crippen molar-refractivity contribution in [3.63, 3.8) is 0 Å². The SMILES string of the molecule is CCC.O=C(CCc1cc(F)cc(F)c1)N1C(=O)OC[C@H]1c1ccccc1. The van der Waals surface area contributed by atoms with Crippen LogP contribution in [0.2, 0.25) is 0 Å². The monoisotopic (exact) mass is 375 g/mol. The number of hydrogen-bond donors (Lipinski definition) is 0. The largest absolute Gasteiger partial charge is 0.446 e. The first-order valence-corrected chi connectivity index (χ1v) is 8.95. The molecule has 1 saturated heterocycles. The molecule has 3 rings (SSSR count). The quantitative estimate of drug-likeness (QED) is 0.753. The van der Waals surface area contributed by atoms with Gasteiger partial charge in [0.1, 0.15) is 24.3 Å². The number of imide groups is 1. The van der Waals surface area contributed by atoms with Gasteiger partial charge in [0.05, 0.1) is 0 Å². The van der Waals surface area contributed by atoms with Crippen LogP contribution in [-0.2, 0) is 16.0 Å². The molecule has 2 aromatic carbocycles. The zero-order chi connectivity index (χ0) is 19.8. The van der Waals surface area contributed by atoms with Gasteiger partial charge in [0, 0.05) is 12.5 Å². The molecule has 0 unspecified atom stereocenters. The van der Waals surface area contributed by atoms with E-state index in [9.17, 15) is 18.4 Å². The summed E-state index contributed by atoms with van der Waals surface area (Å²) in [7, 11) is 0. The van der Waals surface area contributed by atoms with Crippen molar-refractivity contribution >= 4 is 12.0 Å². The van der Waals surface area contributed by atoms with Crippen molar-refractivity contribution < 1.29 is 23.1 Å². The van der Waals surface area contributed by atoms with Crippen molar-refractivity contribution in [3.05, 3.63) is 71.3 Å². The van der Waals surface area contributed by atoms with Gasteiger partial charge < -0.3 is 4.74 Å². The van der Waals surface area contributed by atoms with Crippen LogP contribution in [0.25, 0.3) is 0 Å². The highest BCUT2D eigenvalue weighted by molar-refractivity contribution is 5.93. The van der Waals surface area contributed by atoms with Crippen LogP contribution in [0.1, 0.15) is 43.9 Å². The Morgan fingerprint density at radius 1 is 1.11 bits per heavy atom. The van der Waals surface area contributed by atoms with Gasteiger partial charge in [0.2, 0.25) is 5.91 Å². The van der Waals surface area contributed by atoms with Gasteiger partial charge in [-0.3, -0.25) is 4.79 Å². The number of ether oxygens (including phenoxy) is 1. The lowest BCUT2D eigenvalue weighted by Gasteiger charge is -2.19. The second-order valence-corrected chi connectivity index (χ2v) is 6.25. The van der Waals surface area contributed by atoms with Gasteiger partial charge in [-0.2, -0.15) is 0 Å². The zero-order valence-corrected chi connectivity index (χ0v) is 15.5. The van der Waals surface area contributed by atoms with E-state index in [0.717, 1.165) is 16.5 Å². The lowest BCUT2D eigenvalue weighted by atomic mass is 10.1. The Hall–Kier alpha value is -2.76. The van der Waals surface area contributed by atoms with E-state index in [0.29, 0.717) is 5.56 Å². The molecule has 144 valence electrons. The van der Waals surface area contributed by atoms with Crippen molar-refractivity contribution in [1.29, 1.82) is 0 Å². The van der Waals surface area contributed by atoms with Crippen LogP contribution >= 0.6 is 0 Å². The van der Waals surface area contributed by atoms with E-state index in [1.54, 1.807) is 0 Å². The number of halogens is 2. The number of aryl methyl sites for hydroxylation is 1. The van der Waals surface area contributed by atoms with Gasteiger partial charge in [-0.1, -0.05) is 50.6 Å². The summed E-state index contributed by atoms with van der Waals surface area (Å²) < 4.78 is 31.4. The summed E-state index contributed by atoms with van der Waals surface area (Å²) in [6.07, 6.45) is 0.652. The third-order valence-electron chi connectivity index (χ3n) is 3.88. The maximum atomic E-state index is 13.2. The number of carbonyl (C=O) groups excluding carboxylic acids is 2. The number of cyclic esters (lactones) is 1. The summed E-state index contributed by atoms with van der Waals surface area (Å²) in [5.41, 5.74) is 1.16. The van der Waals surface area contributed by atoms with Crippen molar-refractivity contribution in [2.45, 2.75) is 39.2 Å². The molecule has 0 N–H and O–H groups in total. The molecular formula is C21H23F2NO3. The van der Waals surface area contributed by atoms with E-state index in [2.05, 4.69) is 13.8 Å². The zero-order valence-electron chi connectivity index (χ0n) is 15.5. The smallest absolute Gasteiger partial charge is 0.417 e. The van der Waals surface area contributed by atoms with Gasteiger partial charge in [0.15, 0.2) is 0 Å². The van der Waals surface area contributed by atoms with E-state index in [1.165, 1.54) is 18.6 Å². The summed E-state index contributed by atoms with van der Waals surface area (Å²) >= 11 is 0. The number of benzene rings is 2. The molecule has 2 amide bonds. The highest BCUT2D eigenvalue weighted by Crippen LogP contribution is 2.28. The fourth-order valence-corrected chi connectivity index (χ4v) is 2.74. The van der Waals surface area contributed by atoms with Gasteiger partial charge in [-0.15, -0.1) is 0 Å². The summed E-state index contributed by atoms with van der Waals surface area (Å²) in [5, 5.41) is 0. The van der Waals surface area contributed by atoms with E-state index in [1.807, 2.05) is 30.3 Å². The number of hydrogen-bond acceptors (Lipinski definition) is 3. The van der Waals surface area contributed by atoms with Crippen molar-refractivity contribution in [3.8, 4) is 0 Å². The Morgan fingerprint density at radius 3 is 2.30 bits per heavy atom. The summed E-state index contributed by atoms with van der Waals surface area (Å²) in [5.74, 6) is -1.82. The maximum absolute atomic E-state index is 13.2. The lowest BCUT2D eigenvalue weighted by molar-refractivity contribution is -0.129. The van der Waals surface area contributed by atoms with Crippen molar-refractivity contribution in [1.82, 2.24) is 4.90 Å². The molecule has 1 atom stereocenters. The van der Waals surface area contributed by atoms with Crippen LogP contribution in [-0.4, -0.2) is 23.5 Å². The molecule has 0 aliphatic carbocycles. The molecular weight excluding hydrogens is 352 g/mol. The minimum Gasteiger partial charge on any atom is -0.446 e. The standard InChI is InChI=1S/C18H15F2NO3.C3H8/c19-14-8-12(9-15(20)10-14)6-7-17(22)21-16(11-24-18(21)23)13-4-2-1-3-5-13;1-3-2/h1-5,8-10,16H,6-7,11H2;3H2,1-2H3/t16-;/m0./s1. The third kappa shape index (κ3) is 5.61. The normalized spacial score (nSPS) is 15.8. The van der Waals surface area contributed by atoms with E-state index in [4.69, 9.17) is 4.74 Å². The average molecular weight is 375 g/mol. The molecule has 0 spiro atoms. The van der Waals surface area contributed by atoms with Crippen LogP contribution < -0.4 is 0 Å². The first kappa shape index (κ1) is 20.6. The van der Waals surface area contributed by atoms with Gasteiger partial charge in [-0.05, 0) is 29.7 Å². The van der Waals surface area contributed by atoms with Crippen molar-refractivity contribution in [2.24, 2.45) is 0 Å². The number of nitrogens with zero attached hydrogens (tertiary/aromatic N) is 1. The second-order valence-electron chi connectivity index (χ2n) is 6.25. The number of amides is 2. The fraction of sp³-hybridized carbons (Fsp3) is 0.333. The first-order chi connectivity index (χ1) is 13.0. The second kappa shape index (κ2) is 9.80. The summed E-state index contributed by atoms with van der Waals surface area (Å²) in [4.78, 5) is 25.4. The van der Waals surface area contributed by atoms with E-state index >= 15 is 0 Å². The molecule has 6 heteroatoms. The van der Waals surface area contributed by atoms with Crippen LogP contribution in [0.4, 0.5) is 13.6 Å². The third-order valence-corrected chi connectivity index (χ3v) is 3.88. The molecule has 1 heterocycles. The maximum Gasteiger partial charge on any atom is 0.417 e. The summed E-state index contributed by atoms with van der Waals surface area (Å²) in [6, 6.07) is 11.7. The average Bonchev–Trinajstić information content (AvgIpc) is 3.02. The molecule has 0 bridgehead atoms. The minimum atomic E-state index is -0.695. The Kier molecular flexibility index (Phi) is 7.46. The number of carbonyl (C=O) groups is 2. The number of rotatable bonds is 4. The molecule has 0 aromatic heterocycles. The van der Waals surface area contributed by atoms with E-state index in [-0.39, 0.29) is 19.4 Å². The predicted octanol–water partition coefficient (Wildman–Crippen LogP) is 5.03. The molecule has 1 fully saturated rings. The Labute approximate surface area is 157 Å². The topological polar surface area (TPSA) is 46.6 Å². The highest BCUT2D eigenvalue weighted by Gasteiger charge is 2.38. The first-order valence-electron chi connectivity index (χ1n) is 8.95.